The largest absolute Gasteiger partial charge is 0.507 e. The Hall–Kier alpha value is -5.05. The number of amides is 1. The van der Waals surface area contributed by atoms with Crippen molar-refractivity contribution in [3.63, 3.8) is 0 Å². The molecule has 2 heterocycles. The number of likely N-dealkylation sites (tertiary alicyclic amines) is 1. The molecular weight excluding hydrogens is 522 g/mol. The maximum absolute atomic E-state index is 13.4. The third kappa shape index (κ3) is 5.79. The normalized spacial score (nSPS) is 16.2. The van der Waals surface area contributed by atoms with Gasteiger partial charge in [-0.05, 0) is 66.4 Å². The first-order chi connectivity index (χ1) is 19.9. The van der Waals surface area contributed by atoms with Crippen molar-refractivity contribution in [3.05, 3.63) is 113 Å². The molecule has 0 saturated carbocycles. The molecule has 1 saturated heterocycles. The molecule has 9 heteroatoms. The number of methoxy groups -OCH3 is 1. The highest BCUT2D eigenvalue weighted by Gasteiger charge is 2.46. The maximum Gasteiger partial charge on any atom is 0.295 e. The Morgan fingerprint density at radius 1 is 1.02 bits per heavy atom. The molecule has 9 nitrogen and oxygen atoms in total. The number of Topliss-reactive ketones (excluding diaryl/α,β-unsaturated/α-hetero) is 1. The van der Waals surface area contributed by atoms with Crippen molar-refractivity contribution in [1.82, 2.24) is 14.5 Å². The molecule has 0 radical (unpaired) electrons. The highest BCUT2D eigenvalue weighted by atomic mass is 16.5. The van der Waals surface area contributed by atoms with Crippen molar-refractivity contribution in [2.75, 3.05) is 13.7 Å². The third-order valence-electron chi connectivity index (χ3n) is 7.22. The van der Waals surface area contributed by atoms with Gasteiger partial charge >= 0.3 is 0 Å². The van der Waals surface area contributed by atoms with Crippen molar-refractivity contribution < 1.29 is 29.3 Å². The monoisotopic (exact) mass is 553 g/mol. The van der Waals surface area contributed by atoms with Crippen LogP contribution in [0.15, 0.2) is 91.0 Å². The molecule has 1 aliphatic rings. The molecule has 1 atom stereocenters. The van der Waals surface area contributed by atoms with E-state index in [-0.39, 0.29) is 29.4 Å². The number of phenolic OH excluding ortho intramolecular Hbond substituents is 1. The molecule has 41 heavy (non-hydrogen) atoms. The summed E-state index contributed by atoms with van der Waals surface area (Å²) >= 11 is 0. The van der Waals surface area contributed by atoms with Crippen LogP contribution in [-0.2, 0) is 22.7 Å². The number of aryl methyl sites for hydroxylation is 2. The summed E-state index contributed by atoms with van der Waals surface area (Å²) in [6, 6.07) is 18.5. The number of imidazole rings is 1. The second-order valence-corrected chi connectivity index (χ2v) is 9.82. The van der Waals surface area contributed by atoms with E-state index in [4.69, 9.17) is 9.47 Å². The third-order valence-corrected chi connectivity index (χ3v) is 7.22. The molecule has 0 spiro atoms. The molecule has 0 bridgehead atoms. The van der Waals surface area contributed by atoms with Crippen LogP contribution in [0.1, 0.15) is 34.7 Å². The van der Waals surface area contributed by atoms with Gasteiger partial charge in [-0.2, -0.15) is 0 Å². The summed E-state index contributed by atoms with van der Waals surface area (Å²) < 4.78 is 13.1. The van der Waals surface area contributed by atoms with E-state index in [1.807, 2.05) is 42.0 Å². The van der Waals surface area contributed by atoms with Crippen molar-refractivity contribution >= 4 is 17.4 Å². The number of aliphatic hydroxyl groups excluding tert-OH is 1. The summed E-state index contributed by atoms with van der Waals surface area (Å²) in [5.74, 6) is -1.04. The van der Waals surface area contributed by atoms with Gasteiger partial charge in [0.05, 0.1) is 25.1 Å². The SMILES string of the molecule is COc1cc([C@@H]2C(=C(O)c3ccc(OCc4ccccc4C)cc3)C(=O)C(=O)N2CCCn2ccnc2)ccc1O. The summed E-state index contributed by atoms with van der Waals surface area (Å²) in [7, 11) is 1.42. The van der Waals surface area contributed by atoms with Crippen LogP contribution in [0.2, 0.25) is 0 Å². The number of hydrogen-bond donors (Lipinski definition) is 2. The first-order valence-corrected chi connectivity index (χ1v) is 13.3. The molecule has 0 aliphatic carbocycles. The Balaban J connectivity index is 1.45. The maximum atomic E-state index is 13.4. The molecule has 5 rings (SSSR count). The van der Waals surface area contributed by atoms with E-state index in [1.54, 1.807) is 48.9 Å². The fraction of sp³-hybridized carbons (Fsp3) is 0.219. The predicted octanol–water partition coefficient (Wildman–Crippen LogP) is 5.00. The summed E-state index contributed by atoms with van der Waals surface area (Å²) in [5, 5.41) is 21.5. The predicted molar refractivity (Wildman–Crippen MR) is 152 cm³/mol. The number of ether oxygens (including phenoxy) is 2. The molecule has 0 unspecified atom stereocenters. The molecule has 2 N–H and O–H groups in total. The molecule has 1 fully saturated rings. The van der Waals surface area contributed by atoms with Crippen LogP contribution >= 0.6 is 0 Å². The molecule has 210 valence electrons. The first kappa shape index (κ1) is 27.5. The Kier molecular flexibility index (Phi) is 8.05. The van der Waals surface area contributed by atoms with Crippen molar-refractivity contribution in [3.8, 4) is 17.2 Å². The van der Waals surface area contributed by atoms with Gasteiger partial charge in [0.2, 0.25) is 0 Å². The van der Waals surface area contributed by atoms with Crippen LogP contribution in [0, 0.1) is 6.92 Å². The quantitative estimate of drug-likeness (QED) is 0.161. The number of aromatic hydroxyl groups is 1. The molecule has 1 amide bonds. The zero-order chi connectivity index (χ0) is 28.9. The van der Waals surface area contributed by atoms with Gasteiger partial charge in [0.15, 0.2) is 11.5 Å². The number of hydrogen-bond acceptors (Lipinski definition) is 7. The van der Waals surface area contributed by atoms with Crippen LogP contribution < -0.4 is 9.47 Å². The Morgan fingerprint density at radius 3 is 2.51 bits per heavy atom. The Bertz CT molecular complexity index is 1580. The van der Waals surface area contributed by atoms with Gasteiger partial charge in [0.1, 0.15) is 18.1 Å². The van der Waals surface area contributed by atoms with Gasteiger partial charge in [0, 0.05) is 31.0 Å². The summed E-state index contributed by atoms with van der Waals surface area (Å²) in [6.45, 7) is 3.27. The number of ketones is 1. The Morgan fingerprint density at radius 2 is 1.80 bits per heavy atom. The van der Waals surface area contributed by atoms with Gasteiger partial charge in [-0.15, -0.1) is 0 Å². The zero-order valence-electron chi connectivity index (χ0n) is 22.9. The minimum Gasteiger partial charge on any atom is -0.507 e. The molecule has 1 aromatic heterocycles. The van der Waals surface area contributed by atoms with E-state index in [0.717, 1.165) is 11.1 Å². The number of benzene rings is 3. The van der Waals surface area contributed by atoms with E-state index in [1.165, 1.54) is 18.1 Å². The zero-order valence-corrected chi connectivity index (χ0v) is 22.9. The number of phenols is 1. The lowest BCUT2D eigenvalue weighted by Crippen LogP contribution is -2.31. The second kappa shape index (κ2) is 12.0. The van der Waals surface area contributed by atoms with Gasteiger partial charge in [0.25, 0.3) is 11.7 Å². The number of aliphatic hydroxyl groups is 1. The van der Waals surface area contributed by atoms with E-state index in [2.05, 4.69) is 4.98 Å². The number of nitrogens with zero attached hydrogens (tertiary/aromatic N) is 3. The van der Waals surface area contributed by atoms with Crippen molar-refractivity contribution in [1.29, 1.82) is 0 Å². The summed E-state index contributed by atoms with van der Waals surface area (Å²) in [4.78, 5) is 32.1. The molecular formula is C32H31N3O6. The van der Waals surface area contributed by atoms with E-state index in [9.17, 15) is 19.8 Å². The van der Waals surface area contributed by atoms with E-state index < -0.39 is 17.7 Å². The van der Waals surface area contributed by atoms with Gasteiger partial charge < -0.3 is 29.2 Å². The van der Waals surface area contributed by atoms with Crippen LogP contribution in [-0.4, -0.2) is 50.0 Å². The number of carbonyl (C=O) groups is 2. The molecule has 3 aromatic carbocycles. The molecule has 4 aromatic rings. The fourth-order valence-corrected chi connectivity index (χ4v) is 4.96. The average Bonchev–Trinajstić information content (AvgIpc) is 3.59. The van der Waals surface area contributed by atoms with E-state index >= 15 is 0 Å². The standard InChI is InChI=1S/C32H31N3O6/c1-21-6-3-4-7-24(21)19-41-25-11-8-22(9-12-25)30(37)28-29(23-10-13-26(36)27(18-23)40-2)35(32(39)31(28)38)16-5-15-34-17-14-33-20-34/h3-4,6-14,17-18,20,29,36-37H,5,15-16,19H2,1-2H3/t29-/m1/s1. The first-order valence-electron chi connectivity index (χ1n) is 13.3. The number of rotatable bonds is 10. The minimum absolute atomic E-state index is 0.0287. The van der Waals surface area contributed by atoms with Crippen LogP contribution in [0.4, 0.5) is 0 Å². The number of aromatic nitrogens is 2. The average molecular weight is 554 g/mol. The van der Waals surface area contributed by atoms with Crippen LogP contribution in [0.3, 0.4) is 0 Å². The fourth-order valence-electron chi connectivity index (χ4n) is 4.96. The lowest BCUT2D eigenvalue weighted by molar-refractivity contribution is -0.139. The van der Waals surface area contributed by atoms with Crippen LogP contribution in [0.25, 0.3) is 5.76 Å². The summed E-state index contributed by atoms with van der Waals surface area (Å²) in [5.41, 5.74) is 3.07. The van der Waals surface area contributed by atoms with Gasteiger partial charge in [-0.25, -0.2) is 4.98 Å². The van der Waals surface area contributed by atoms with Gasteiger partial charge in [-0.1, -0.05) is 30.3 Å². The number of carbonyl (C=O) groups excluding carboxylic acids is 2. The second-order valence-electron chi connectivity index (χ2n) is 9.82. The topological polar surface area (TPSA) is 114 Å². The van der Waals surface area contributed by atoms with Crippen molar-refractivity contribution in [2.45, 2.75) is 32.5 Å². The lowest BCUT2D eigenvalue weighted by atomic mass is 9.95. The Labute approximate surface area is 237 Å². The molecule has 1 aliphatic heterocycles. The van der Waals surface area contributed by atoms with Gasteiger partial charge in [-0.3, -0.25) is 9.59 Å². The highest BCUT2D eigenvalue weighted by Crippen LogP contribution is 2.42. The van der Waals surface area contributed by atoms with E-state index in [0.29, 0.717) is 36.4 Å². The summed E-state index contributed by atoms with van der Waals surface area (Å²) in [6.07, 6.45) is 5.74. The highest BCUT2D eigenvalue weighted by molar-refractivity contribution is 6.46. The smallest absolute Gasteiger partial charge is 0.295 e. The minimum atomic E-state index is -0.871. The van der Waals surface area contributed by atoms with Crippen LogP contribution in [0.5, 0.6) is 17.2 Å². The lowest BCUT2D eigenvalue weighted by Gasteiger charge is -2.26. The van der Waals surface area contributed by atoms with Crippen molar-refractivity contribution in [2.24, 2.45) is 0 Å².